The van der Waals surface area contributed by atoms with Gasteiger partial charge in [-0.1, -0.05) is 6.08 Å². The summed E-state index contributed by atoms with van der Waals surface area (Å²) in [6.07, 6.45) is 5.47. The molecule has 0 aromatic rings. The fourth-order valence-corrected chi connectivity index (χ4v) is 5.79. The Morgan fingerprint density at radius 1 is 0.731 bits per heavy atom. The Hall–Kier alpha value is -0.580. The minimum absolute atomic E-state index is 0.191. The zero-order valence-corrected chi connectivity index (χ0v) is 15.5. The molecule has 0 spiro atoms. The highest BCUT2D eigenvalue weighted by molar-refractivity contribution is 4.90. The van der Waals surface area contributed by atoms with Gasteiger partial charge < -0.3 is 0 Å². The summed E-state index contributed by atoms with van der Waals surface area (Å²) in [5.41, 5.74) is 0. The summed E-state index contributed by atoms with van der Waals surface area (Å²) in [4.78, 5) is 0. The van der Waals surface area contributed by atoms with E-state index in [1.165, 1.54) is 38.5 Å². The zero-order chi connectivity index (χ0) is 18.7. The maximum Gasteiger partial charge on any atom is 0.522 e. The highest BCUT2D eigenvalue weighted by Gasteiger charge is 2.42. The van der Waals surface area contributed by atoms with Crippen molar-refractivity contribution in [3.05, 3.63) is 12.7 Å². The van der Waals surface area contributed by atoms with E-state index in [4.69, 9.17) is 0 Å². The summed E-state index contributed by atoms with van der Waals surface area (Å²) < 4.78 is 55.2. The Kier molecular flexibility index (Phi) is 6.68. The molecular formula is C21H32F4O. The third-order valence-electron chi connectivity index (χ3n) is 7.34. The first-order valence-electron chi connectivity index (χ1n) is 10.4. The summed E-state index contributed by atoms with van der Waals surface area (Å²) in [5, 5.41) is 0. The maximum absolute atomic E-state index is 14.2. The lowest BCUT2D eigenvalue weighted by molar-refractivity contribution is -0.352. The summed E-state index contributed by atoms with van der Waals surface area (Å²) in [5.74, 6) is 3.04. The van der Waals surface area contributed by atoms with Crippen molar-refractivity contribution >= 4 is 0 Å². The van der Waals surface area contributed by atoms with E-state index in [1.807, 2.05) is 0 Å². The van der Waals surface area contributed by atoms with Gasteiger partial charge in [0.15, 0.2) is 0 Å². The highest BCUT2D eigenvalue weighted by atomic mass is 19.4. The van der Waals surface area contributed by atoms with Gasteiger partial charge in [0.1, 0.15) is 6.17 Å². The van der Waals surface area contributed by atoms with Gasteiger partial charge in [0, 0.05) is 0 Å². The van der Waals surface area contributed by atoms with Crippen molar-refractivity contribution in [2.75, 3.05) is 0 Å². The van der Waals surface area contributed by atoms with Gasteiger partial charge in [-0.15, -0.1) is 19.8 Å². The van der Waals surface area contributed by atoms with E-state index < -0.39 is 18.6 Å². The van der Waals surface area contributed by atoms with E-state index in [0.29, 0.717) is 18.3 Å². The number of ether oxygens (including phenoxy) is 1. The number of allylic oxidation sites excluding steroid dienone is 1. The molecule has 3 aliphatic carbocycles. The summed E-state index contributed by atoms with van der Waals surface area (Å²) in [7, 11) is 0. The summed E-state index contributed by atoms with van der Waals surface area (Å²) in [6.45, 7) is 3.91. The van der Waals surface area contributed by atoms with Gasteiger partial charge in [0.25, 0.3) is 0 Å². The Balaban J connectivity index is 1.42. The number of alkyl halides is 4. The second-order valence-corrected chi connectivity index (χ2v) is 8.78. The topological polar surface area (TPSA) is 9.23 Å². The van der Waals surface area contributed by atoms with Crippen molar-refractivity contribution < 1.29 is 22.3 Å². The van der Waals surface area contributed by atoms with E-state index in [9.17, 15) is 17.6 Å². The molecular weight excluding hydrogens is 344 g/mol. The van der Waals surface area contributed by atoms with E-state index in [0.717, 1.165) is 24.7 Å². The van der Waals surface area contributed by atoms with E-state index in [2.05, 4.69) is 17.4 Å². The molecule has 3 fully saturated rings. The van der Waals surface area contributed by atoms with Crippen LogP contribution in [0.1, 0.15) is 70.6 Å². The molecule has 0 N–H and O–H groups in total. The standard InChI is InChI=1S/C21H32F4O/c1-2-14-3-5-15(6-4-14)16-7-9-17(10-8-16)18-11-12-20(19(22)13-18)26-21(23,24)25/h2,14-20H,1,3-13H2. The third kappa shape index (κ3) is 5.24. The Morgan fingerprint density at radius 3 is 1.65 bits per heavy atom. The molecule has 26 heavy (non-hydrogen) atoms. The van der Waals surface area contributed by atoms with Gasteiger partial charge in [-0.3, -0.25) is 4.74 Å². The van der Waals surface area contributed by atoms with Crippen LogP contribution in [0.3, 0.4) is 0 Å². The van der Waals surface area contributed by atoms with E-state index in [1.54, 1.807) is 0 Å². The van der Waals surface area contributed by atoms with Crippen molar-refractivity contribution in [1.82, 2.24) is 0 Å². The first-order valence-corrected chi connectivity index (χ1v) is 10.4. The summed E-state index contributed by atoms with van der Waals surface area (Å²) >= 11 is 0. The van der Waals surface area contributed by atoms with Crippen molar-refractivity contribution in [3.8, 4) is 0 Å². The molecule has 0 amide bonds. The van der Waals surface area contributed by atoms with Crippen molar-refractivity contribution in [1.29, 1.82) is 0 Å². The van der Waals surface area contributed by atoms with Crippen LogP contribution in [0.2, 0.25) is 0 Å². The SMILES string of the molecule is C=CC1CCC(C2CCC(C3CCC(OC(F)(F)F)C(F)C3)CC2)CC1. The van der Waals surface area contributed by atoms with Crippen LogP contribution in [0.5, 0.6) is 0 Å². The van der Waals surface area contributed by atoms with Crippen LogP contribution >= 0.6 is 0 Å². The van der Waals surface area contributed by atoms with Crippen LogP contribution in [0.25, 0.3) is 0 Å². The largest absolute Gasteiger partial charge is 0.522 e. The predicted molar refractivity (Wildman–Crippen MR) is 94.3 cm³/mol. The van der Waals surface area contributed by atoms with Gasteiger partial charge in [0.05, 0.1) is 6.10 Å². The molecule has 3 aliphatic rings. The van der Waals surface area contributed by atoms with Gasteiger partial charge in [-0.2, -0.15) is 0 Å². The smallest absolute Gasteiger partial charge is 0.286 e. The number of hydrogen-bond donors (Lipinski definition) is 0. The molecule has 0 saturated heterocycles. The van der Waals surface area contributed by atoms with Gasteiger partial charge in [0.2, 0.25) is 0 Å². The predicted octanol–water partition coefficient (Wildman–Crippen LogP) is 6.83. The zero-order valence-electron chi connectivity index (χ0n) is 15.5. The molecule has 1 nitrogen and oxygen atoms in total. The second kappa shape index (κ2) is 8.62. The summed E-state index contributed by atoms with van der Waals surface area (Å²) in [6, 6.07) is 0. The number of hydrogen-bond acceptors (Lipinski definition) is 1. The maximum atomic E-state index is 14.2. The Labute approximate surface area is 154 Å². The molecule has 0 bridgehead atoms. The molecule has 0 heterocycles. The van der Waals surface area contributed by atoms with Crippen LogP contribution in [-0.2, 0) is 4.74 Å². The minimum atomic E-state index is -4.73. The van der Waals surface area contributed by atoms with Crippen LogP contribution in [0, 0.1) is 29.6 Å². The molecule has 0 radical (unpaired) electrons. The number of halogens is 4. The average molecular weight is 376 g/mol. The quantitative estimate of drug-likeness (QED) is 0.386. The highest BCUT2D eigenvalue weighted by Crippen LogP contribution is 2.46. The van der Waals surface area contributed by atoms with Crippen LogP contribution in [-0.4, -0.2) is 18.6 Å². The molecule has 3 atom stereocenters. The lowest BCUT2D eigenvalue weighted by Gasteiger charge is -2.41. The Morgan fingerprint density at radius 2 is 1.19 bits per heavy atom. The van der Waals surface area contributed by atoms with Crippen LogP contribution in [0.15, 0.2) is 12.7 Å². The fourth-order valence-electron chi connectivity index (χ4n) is 5.79. The van der Waals surface area contributed by atoms with Crippen molar-refractivity contribution in [2.45, 2.75) is 89.3 Å². The van der Waals surface area contributed by atoms with Gasteiger partial charge >= 0.3 is 6.36 Å². The van der Waals surface area contributed by atoms with E-state index >= 15 is 0 Å². The fraction of sp³-hybridized carbons (Fsp3) is 0.905. The van der Waals surface area contributed by atoms with E-state index in [-0.39, 0.29) is 18.8 Å². The molecule has 3 rings (SSSR count). The molecule has 150 valence electrons. The van der Waals surface area contributed by atoms with Crippen LogP contribution < -0.4 is 0 Å². The Bertz CT molecular complexity index is 447. The molecule has 0 aromatic carbocycles. The average Bonchev–Trinajstić information content (AvgIpc) is 2.63. The third-order valence-corrected chi connectivity index (χ3v) is 7.34. The second-order valence-electron chi connectivity index (χ2n) is 8.78. The normalized spacial score (nSPS) is 42.4. The van der Waals surface area contributed by atoms with Crippen LogP contribution in [0.4, 0.5) is 17.6 Å². The lowest BCUT2D eigenvalue weighted by Crippen LogP contribution is -2.39. The lowest BCUT2D eigenvalue weighted by atomic mass is 9.65. The molecule has 0 aliphatic heterocycles. The molecule has 5 heteroatoms. The van der Waals surface area contributed by atoms with Crippen molar-refractivity contribution in [3.63, 3.8) is 0 Å². The number of rotatable bonds is 4. The molecule has 3 saturated carbocycles. The molecule has 3 unspecified atom stereocenters. The van der Waals surface area contributed by atoms with Gasteiger partial charge in [-0.25, -0.2) is 4.39 Å². The van der Waals surface area contributed by atoms with Gasteiger partial charge in [-0.05, 0) is 100 Å². The molecule has 0 aromatic heterocycles. The first-order chi connectivity index (χ1) is 12.4. The first kappa shape index (κ1) is 20.2. The monoisotopic (exact) mass is 376 g/mol. The van der Waals surface area contributed by atoms with Crippen molar-refractivity contribution in [2.24, 2.45) is 29.6 Å². The minimum Gasteiger partial charge on any atom is -0.286 e.